The fourth-order valence-corrected chi connectivity index (χ4v) is 3.27. The number of ether oxygens (including phenoxy) is 1. The summed E-state index contributed by atoms with van der Waals surface area (Å²) in [6.45, 7) is 0. The van der Waals surface area contributed by atoms with Gasteiger partial charge in [0, 0.05) is 29.7 Å². The van der Waals surface area contributed by atoms with E-state index in [0.717, 1.165) is 11.1 Å². The maximum absolute atomic E-state index is 12.6. The molecule has 0 fully saturated rings. The van der Waals surface area contributed by atoms with Gasteiger partial charge in [0.25, 0.3) is 5.91 Å². The van der Waals surface area contributed by atoms with Crippen LogP contribution in [-0.4, -0.2) is 25.7 Å². The average Bonchev–Trinajstić information content (AvgIpc) is 3.41. The maximum Gasteiger partial charge on any atom is 0.255 e. The van der Waals surface area contributed by atoms with Crippen LogP contribution in [-0.2, 0) is 0 Å². The Hall–Kier alpha value is -4.78. The Balaban J connectivity index is 1.20. The number of aromatic nitrogens is 4. The number of hydrogen-bond acceptors (Lipinski definition) is 5. The number of amides is 1. The van der Waals surface area contributed by atoms with E-state index in [-0.39, 0.29) is 5.91 Å². The van der Waals surface area contributed by atoms with Gasteiger partial charge in [-0.3, -0.25) is 9.36 Å². The molecule has 5 rings (SSSR count). The third-order valence-corrected chi connectivity index (χ3v) is 4.98. The first-order valence-electron chi connectivity index (χ1n) is 10.3. The molecule has 1 N–H and O–H groups in total. The molecule has 2 heterocycles. The molecule has 33 heavy (non-hydrogen) atoms. The molecule has 0 radical (unpaired) electrons. The summed E-state index contributed by atoms with van der Waals surface area (Å²) in [5.41, 5.74) is 3.43. The maximum atomic E-state index is 12.6. The van der Waals surface area contributed by atoms with Crippen molar-refractivity contribution in [1.82, 2.24) is 19.7 Å². The number of hydrogen-bond donors (Lipinski definition) is 1. The lowest BCUT2D eigenvalue weighted by Gasteiger charge is -2.08. The fourth-order valence-electron chi connectivity index (χ4n) is 3.27. The van der Waals surface area contributed by atoms with E-state index in [1.807, 2.05) is 54.6 Å². The minimum Gasteiger partial charge on any atom is -0.438 e. The highest BCUT2D eigenvalue weighted by atomic mass is 16.5. The molecule has 0 saturated carbocycles. The van der Waals surface area contributed by atoms with Crippen molar-refractivity contribution < 1.29 is 9.53 Å². The largest absolute Gasteiger partial charge is 0.438 e. The lowest BCUT2D eigenvalue weighted by molar-refractivity contribution is 0.102. The zero-order chi connectivity index (χ0) is 22.5. The van der Waals surface area contributed by atoms with Crippen molar-refractivity contribution in [3.05, 3.63) is 115 Å². The molecular formula is C26H19N5O2. The van der Waals surface area contributed by atoms with Crippen LogP contribution in [0.3, 0.4) is 0 Å². The van der Waals surface area contributed by atoms with E-state index in [2.05, 4.69) is 20.5 Å². The van der Waals surface area contributed by atoms with Gasteiger partial charge in [-0.25, -0.2) is 4.98 Å². The van der Waals surface area contributed by atoms with Crippen LogP contribution in [0.2, 0.25) is 0 Å². The highest BCUT2D eigenvalue weighted by Crippen LogP contribution is 2.23. The van der Waals surface area contributed by atoms with Gasteiger partial charge in [0.05, 0.1) is 0 Å². The van der Waals surface area contributed by atoms with Crippen LogP contribution in [0.5, 0.6) is 11.6 Å². The molecule has 5 aromatic rings. The van der Waals surface area contributed by atoms with Gasteiger partial charge in [0.15, 0.2) is 5.82 Å². The van der Waals surface area contributed by atoms with Gasteiger partial charge in [-0.1, -0.05) is 42.5 Å². The van der Waals surface area contributed by atoms with E-state index in [0.29, 0.717) is 28.7 Å². The molecule has 3 aromatic carbocycles. The lowest BCUT2D eigenvalue weighted by atomic mass is 10.0. The normalized spacial score (nSPS) is 10.5. The summed E-state index contributed by atoms with van der Waals surface area (Å²) in [6.07, 6.45) is 5.11. The number of nitrogens with one attached hydrogen (secondary N) is 1. The molecule has 0 spiro atoms. The quantitative estimate of drug-likeness (QED) is 0.389. The monoisotopic (exact) mass is 433 g/mol. The molecule has 7 nitrogen and oxygen atoms in total. The first-order valence-corrected chi connectivity index (χ1v) is 10.3. The zero-order valence-electron chi connectivity index (χ0n) is 17.5. The summed E-state index contributed by atoms with van der Waals surface area (Å²) in [5.74, 6) is 1.43. The van der Waals surface area contributed by atoms with Crippen LogP contribution in [0.15, 0.2) is 110 Å². The third-order valence-electron chi connectivity index (χ3n) is 4.98. The van der Waals surface area contributed by atoms with Gasteiger partial charge in [-0.15, -0.1) is 10.2 Å². The van der Waals surface area contributed by atoms with Crippen LogP contribution in [0, 0.1) is 0 Å². The Morgan fingerprint density at radius 2 is 1.55 bits per heavy atom. The van der Waals surface area contributed by atoms with Gasteiger partial charge >= 0.3 is 0 Å². The summed E-state index contributed by atoms with van der Waals surface area (Å²) in [6, 6.07) is 28.2. The van der Waals surface area contributed by atoms with Crippen LogP contribution in [0.4, 0.5) is 5.69 Å². The van der Waals surface area contributed by atoms with E-state index in [1.165, 1.54) is 0 Å². The second-order valence-electron chi connectivity index (χ2n) is 7.22. The van der Waals surface area contributed by atoms with Crippen molar-refractivity contribution in [2.75, 3.05) is 5.32 Å². The molecule has 0 aliphatic heterocycles. The molecule has 7 heteroatoms. The Labute approximate surface area is 190 Å². The van der Waals surface area contributed by atoms with Crippen LogP contribution in [0.25, 0.3) is 16.9 Å². The van der Waals surface area contributed by atoms with Crippen molar-refractivity contribution in [2.24, 2.45) is 0 Å². The van der Waals surface area contributed by atoms with Crippen LogP contribution < -0.4 is 10.1 Å². The van der Waals surface area contributed by atoms with Crippen molar-refractivity contribution in [1.29, 1.82) is 0 Å². The number of carbonyl (C=O) groups excluding carboxylic acids is 1. The fraction of sp³-hybridized carbons (Fsp3) is 0. The van der Waals surface area contributed by atoms with Gasteiger partial charge < -0.3 is 10.1 Å². The highest BCUT2D eigenvalue weighted by molar-refractivity contribution is 6.04. The van der Waals surface area contributed by atoms with Gasteiger partial charge in [0.2, 0.25) is 5.88 Å². The summed E-state index contributed by atoms with van der Waals surface area (Å²) in [5, 5.41) is 11.1. The van der Waals surface area contributed by atoms with Crippen molar-refractivity contribution >= 4 is 11.6 Å². The summed E-state index contributed by atoms with van der Waals surface area (Å²) < 4.78 is 7.49. The van der Waals surface area contributed by atoms with Crippen molar-refractivity contribution in [3.63, 3.8) is 0 Å². The predicted molar refractivity (Wildman–Crippen MR) is 126 cm³/mol. The van der Waals surface area contributed by atoms with E-state index < -0.39 is 0 Å². The number of nitrogens with zero attached hydrogens (tertiary/aromatic N) is 4. The average molecular weight is 433 g/mol. The van der Waals surface area contributed by atoms with Gasteiger partial charge in [-0.05, 0) is 53.6 Å². The first kappa shape index (κ1) is 20.1. The molecule has 0 aliphatic carbocycles. The molecule has 0 unspecified atom stereocenters. The van der Waals surface area contributed by atoms with E-state index in [1.54, 1.807) is 59.7 Å². The molecular weight excluding hydrogens is 414 g/mol. The predicted octanol–water partition coefficient (Wildman–Crippen LogP) is 5.37. The molecule has 0 saturated heterocycles. The standard InChI is InChI=1S/C26H19N5O2/c32-26(21-8-6-20(7-9-21)19-4-2-1-3-5-19)28-22-10-12-23(13-11-22)33-25-15-14-24(29-30-25)31-17-16-27-18-31/h1-18H,(H,28,32). The van der Waals surface area contributed by atoms with Gasteiger partial charge in [-0.2, -0.15) is 0 Å². The summed E-state index contributed by atoms with van der Waals surface area (Å²) in [4.78, 5) is 16.6. The Morgan fingerprint density at radius 3 is 2.21 bits per heavy atom. The number of rotatable bonds is 6. The first-order chi connectivity index (χ1) is 16.2. The second kappa shape index (κ2) is 9.15. The van der Waals surface area contributed by atoms with E-state index in [4.69, 9.17) is 4.74 Å². The Kier molecular flexibility index (Phi) is 5.59. The van der Waals surface area contributed by atoms with Crippen LogP contribution >= 0.6 is 0 Å². The second-order valence-corrected chi connectivity index (χ2v) is 7.22. The number of carbonyl (C=O) groups is 1. The molecule has 0 atom stereocenters. The SMILES string of the molecule is O=C(Nc1ccc(Oc2ccc(-n3ccnc3)nn2)cc1)c1ccc(-c2ccccc2)cc1. The number of imidazole rings is 1. The minimum absolute atomic E-state index is 0.177. The smallest absolute Gasteiger partial charge is 0.255 e. The zero-order valence-corrected chi connectivity index (χ0v) is 17.5. The molecule has 0 bridgehead atoms. The Morgan fingerprint density at radius 1 is 0.788 bits per heavy atom. The van der Waals surface area contributed by atoms with E-state index >= 15 is 0 Å². The van der Waals surface area contributed by atoms with Crippen molar-refractivity contribution in [3.8, 4) is 28.6 Å². The minimum atomic E-state index is -0.177. The molecule has 1 amide bonds. The lowest BCUT2D eigenvalue weighted by Crippen LogP contribution is -2.11. The molecule has 160 valence electrons. The third kappa shape index (κ3) is 4.77. The molecule has 2 aromatic heterocycles. The molecule has 0 aliphatic rings. The topological polar surface area (TPSA) is 81.9 Å². The Bertz CT molecular complexity index is 1330. The van der Waals surface area contributed by atoms with Crippen molar-refractivity contribution in [2.45, 2.75) is 0 Å². The number of benzene rings is 3. The summed E-state index contributed by atoms with van der Waals surface area (Å²) >= 11 is 0. The van der Waals surface area contributed by atoms with Crippen LogP contribution in [0.1, 0.15) is 10.4 Å². The summed E-state index contributed by atoms with van der Waals surface area (Å²) in [7, 11) is 0. The number of anilines is 1. The highest BCUT2D eigenvalue weighted by Gasteiger charge is 2.08. The van der Waals surface area contributed by atoms with Gasteiger partial charge in [0.1, 0.15) is 12.1 Å². The van der Waals surface area contributed by atoms with E-state index in [9.17, 15) is 4.79 Å².